The monoisotopic (exact) mass is 442 g/mol. The summed E-state index contributed by atoms with van der Waals surface area (Å²) in [4.78, 5) is 24.3. The lowest BCUT2D eigenvalue weighted by Crippen LogP contribution is -2.33. The van der Waals surface area contributed by atoms with Crippen LogP contribution in [0.25, 0.3) is 0 Å². The van der Waals surface area contributed by atoms with E-state index in [4.69, 9.17) is 14.7 Å². The number of cyclic esters (lactones) is 1. The maximum atomic E-state index is 14.4. The average Bonchev–Trinajstić information content (AvgIpc) is 3.14. The number of nitrogens with one attached hydrogen (secondary N) is 2. The fraction of sp³-hybridized carbons (Fsp3) is 0.318. The van der Waals surface area contributed by atoms with Gasteiger partial charge in [-0.1, -0.05) is 0 Å². The molecule has 32 heavy (non-hydrogen) atoms. The molecule has 9 nitrogen and oxygen atoms in total. The minimum Gasteiger partial charge on any atom is -0.506 e. The Morgan fingerprint density at radius 1 is 1.38 bits per heavy atom. The molecule has 1 aliphatic rings. The first-order chi connectivity index (χ1) is 15.4. The number of nitriles is 1. The molecule has 2 aromatic carbocycles. The van der Waals surface area contributed by atoms with Crippen LogP contribution in [-0.4, -0.2) is 49.5 Å². The van der Waals surface area contributed by atoms with Gasteiger partial charge in [-0.3, -0.25) is 9.69 Å². The van der Waals surface area contributed by atoms with Gasteiger partial charge in [-0.05, 0) is 36.8 Å². The summed E-state index contributed by atoms with van der Waals surface area (Å²) in [5, 5.41) is 24.3. The van der Waals surface area contributed by atoms with E-state index in [1.54, 1.807) is 18.2 Å². The quantitative estimate of drug-likeness (QED) is 0.403. The van der Waals surface area contributed by atoms with Crippen LogP contribution in [0.3, 0.4) is 0 Å². The standard InChI is InChI=1S/C22H23FN4O5/c1-14(28)26-12-17-13-27(22(30)32-17)16-4-6-21(18(23)10-16)31-8-2-7-25-19-5-3-15(11-24)9-20(19)29/h3-6,9-10,17,25,29H,2,7-8,12-13H2,1H3,(H,26,28)/t17-/m0/s1. The van der Waals surface area contributed by atoms with E-state index >= 15 is 0 Å². The molecule has 0 saturated carbocycles. The molecule has 168 valence electrons. The summed E-state index contributed by atoms with van der Waals surface area (Å²) in [6.45, 7) is 2.46. The molecular formula is C22H23FN4O5. The van der Waals surface area contributed by atoms with E-state index < -0.39 is 18.0 Å². The lowest BCUT2D eigenvalue weighted by atomic mass is 10.2. The Hall–Kier alpha value is -4.00. The summed E-state index contributed by atoms with van der Waals surface area (Å²) in [7, 11) is 0. The Morgan fingerprint density at radius 3 is 2.88 bits per heavy atom. The van der Waals surface area contributed by atoms with Gasteiger partial charge < -0.3 is 25.2 Å². The van der Waals surface area contributed by atoms with Crippen LogP contribution in [0.2, 0.25) is 0 Å². The number of carbonyl (C=O) groups excluding carboxylic acids is 2. The number of halogens is 1. The summed E-state index contributed by atoms with van der Waals surface area (Å²) in [5.41, 5.74) is 1.19. The van der Waals surface area contributed by atoms with Gasteiger partial charge in [0.2, 0.25) is 5.91 Å². The molecule has 3 rings (SSSR count). The number of phenols is 1. The van der Waals surface area contributed by atoms with Gasteiger partial charge in [0, 0.05) is 19.5 Å². The first-order valence-electron chi connectivity index (χ1n) is 9.99. The topological polar surface area (TPSA) is 124 Å². The fourth-order valence-electron chi connectivity index (χ4n) is 3.10. The molecule has 1 heterocycles. The Morgan fingerprint density at radius 2 is 2.19 bits per heavy atom. The van der Waals surface area contributed by atoms with Crippen molar-refractivity contribution in [2.45, 2.75) is 19.4 Å². The van der Waals surface area contributed by atoms with E-state index in [1.807, 2.05) is 6.07 Å². The number of ether oxygens (including phenoxy) is 2. The zero-order valence-electron chi connectivity index (χ0n) is 17.4. The van der Waals surface area contributed by atoms with Gasteiger partial charge in [-0.25, -0.2) is 9.18 Å². The zero-order chi connectivity index (χ0) is 23.1. The summed E-state index contributed by atoms with van der Waals surface area (Å²) in [6, 6.07) is 10.7. The molecule has 0 aromatic heterocycles. The molecule has 0 spiro atoms. The third-order valence-corrected chi connectivity index (χ3v) is 4.70. The van der Waals surface area contributed by atoms with Crippen molar-refractivity contribution in [2.24, 2.45) is 0 Å². The van der Waals surface area contributed by atoms with E-state index in [0.29, 0.717) is 29.9 Å². The van der Waals surface area contributed by atoms with E-state index in [0.717, 1.165) is 0 Å². The third kappa shape index (κ3) is 5.78. The van der Waals surface area contributed by atoms with Gasteiger partial charge in [0.1, 0.15) is 11.9 Å². The first kappa shape index (κ1) is 22.7. The Labute approximate surface area is 184 Å². The van der Waals surface area contributed by atoms with E-state index in [1.165, 1.54) is 30.0 Å². The summed E-state index contributed by atoms with van der Waals surface area (Å²) >= 11 is 0. The molecule has 1 aliphatic heterocycles. The van der Waals surface area contributed by atoms with Crippen LogP contribution in [0.4, 0.5) is 20.6 Å². The Bertz CT molecular complexity index is 1040. The number of phenolic OH excluding ortho intramolecular Hbond substituents is 1. The van der Waals surface area contributed by atoms with Crippen molar-refractivity contribution in [1.29, 1.82) is 5.26 Å². The second-order valence-electron chi connectivity index (χ2n) is 7.14. The highest BCUT2D eigenvalue weighted by atomic mass is 19.1. The maximum absolute atomic E-state index is 14.4. The predicted octanol–water partition coefficient (Wildman–Crippen LogP) is 2.75. The van der Waals surface area contributed by atoms with Crippen LogP contribution in [-0.2, 0) is 9.53 Å². The lowest BCUT2D eigenvalue weighted by molar-refractivity contribution is -0.119. The molecule has 2 aromatic rings. The molecule has 3 N–H and O–H groups in total. The van der Waals surface area contributed by atoms with Crippen molar-refractivity contribution < 1.29 is 28.6 Å². The van der Waals surface area contributed by atoms with Crippen molar-refractivity contribution in [3.63, 3.8) is 0 Å². The molecule has 2 amide bonds. The molecule has 1 fully saturated rings. The summed E-state index contributed by atoms with van der Waals surface area (Å²) in [6.07, 6.45) is -0.580. The van der Waals surface area contributed by atoms with Gasteiger partial charge >= 0.3 is 6.09 Å². The maximum Gasteiger partial charge on any atom is 0.414 e. The SMILES string of the molecule is CC(=O)NC[C@H]1CN(c2ccc(OCCCNc3ccc(C#N)cc3O)c(F)c2)C(=O)O1. The van der Waals surface area contributed by atoms with Crippen LogP contribution in [0, 0.1) is 17.1 Å². The molecule has 1 atom stereocenters. The van der Waals surface area contributed by atoms with Crippen LogP contribution in [0.5, 0.6) is 11.5 Å². The highest BCUT2D eigenvalue weighted by molar-refractivity contribution is 5.90. The predicted molar refractivity (Wildman–Crippen MR) is 114 cm³/mol. The number of rotatable bonds is 9. The van der Waals surface area contributed by atoms with Crippen LogP contribution in [0.1, 0.15) is 18.9 Å². The minimum atomic E-state index is -0.613. The van der Waals surface area contributed by atoms with Crippen molar-refractivity contribution in [2.75, 3.05) is 36.5 Å². The van der Waals surface area contributed by atoms with Gasteiger partial charge in [-0.2, -0.15) is 5.26 Å². The minimum absolute atomic E-state index is 0.0219. The third-order valence-electron chi connectivity index (χ3n) is 4.70. The van der Waals surface area contributed by atoms with Gasteiger partial charge in [0.15, 0.2) is 11.6 Å². The normalized spacial score (nSPS) is 15.1. The van der Waals surface area contributed by atoms with Gasteiger partial charge in [-0.15, -0.1) is 0 Å². The average molecular weight is 442 g/mol. The molecule has 0 radical (unpaired) electrons. The van der Waals surface area contributed by atoms with E-state index in [2.05, 4.69) is 10.6 Å². The number of nitrogens with zero attached hydrogens (tertiary/aromatic N) is 2. The summed E-state index contributed by atoms with van der Waals surface area (Å²) < 4.78 is 25.1. The van der Waals surface area contributed by atoms with Crippen LogP contribution < -0.4 is 20.3 Å². The first-order valence-corrected chi connectivity index (χ1v) is 9.99. The van der Waals surface area contributed by atoms with Crippen molar-refractivity contribution in [3.05, 3.63) is 47.8 Å². The molecule has 0 aliphatic carbocycles. The molecule has 10 heteroatoms. The Balaban J connectivity index is 1.47. The number of hydrogen-bond donors (Lipinski definition) is 3. The highest BCUT2D eigenvalue weighted by Crippen LogP contribution is 2.27. The van der Waals surface area contributed by atoms with E-state index in [9.17, 15) is 19.1 Å². The zero-order valence-corrected chi connectivity index (χ0v) is 17.4. The van der Waals surface area contributed by atoms with Crippen molar-refractivity contribution in [3.8, 4) is 17.6 Å². The molecular weight excluding hydrogens is 419 g/mol. The van der Waals surface area contributed by atoms with Gasteiger partial charge in [0.05, 0.1) is 42.7 Å². The number of aromatic hydroxyl groups is 1. The van der Waals surface area contributed by atoms with Crippen molar-refractivity contribution >= 4 is 23.4 Å². The second-order valence-corrected chi connectivity index (χ2v) is 7.14. The number of benzene rings is 2. The lowest BCUT2D eigenvalue weighted by Gasteiger charge is -2.15. The summed E-state index contributed by atoms with van der Waals surface area (Å²) in [5.74, 6) is -0.807. The smallest absolute Gasteiger partial charge is 0.414 e. The second kappa shape index (κ2) is 10.3. The molecule has 0 unspecified atom stereocenters. The Kier molecular flexibility index (Phi) is 7.33. The number of anilines is 2. The van der Waals surface area contributed by atoms with Crippen LogP contribution in [0.15, 0.2) is 36.4 Å². The highest BCUT2D eigenvalue weighted by Gasteiger charge is 2.32. The van der Waals surface area contributed by atoms with Crippen molar-refractivity contribution in [1.82, 2.24) is 5.32 Å². The number of hydrogen-bond acceptors (Lipinski definition) is 7. The molecule has 1 saturated heterocycles. The van der Waals surface area contributed by atoms with E-state index in [-0.39, 0.29) is 37.1 Å². The number of amides is 2. The number of carbonyl (C=O) groups is 2. The fourth-order valence-corrected chi connectivity index (χ4v) is 3.10. The molecule has 0 bridgehead atoms. The van der Waals surface area contributed by atoms with Gasteiger partial charge in [0.25, 0.3) is 0 Å². The van der Waals surface area contributed by atoms with Crippen LogP contribution >= 0.6 is 0 Å². The largest absolute Gasteiger partial charge is 0.506 e.